The number of rotatable bonds is 6. The molecule has 0 bridgehead atoms. The van der Waals surface area contributed by atoms with Crippen LogP contribution < -0.4 is 0 Å². The maximum atomic E-state index is 13.2. The van der Waals surface area contributed by atoms with E-state index in [1.807, 2.05) is 48.5 Å². The number of benzene rings is 3. The number of nitro benzene ring substituents is 1. The van der Waals surface area contributed by atoms with Crippen LogP contribution in [0.1, 0.15) is 57.2 Å². The average molecular weight is 541 g/mol. The van der Waals surface area contributed by atoms with E-state index in [1.165, 1.54) is 0 Å². The van der Waals surface area contributed by atoms with Crippen LogP contribution in [0.15, 0.2) is 76.8 Å². The molecule has 0 saturated carbocycles. The fourth-order valence-electron chi connectivity index (χ4n) is 3.90. The predicted molar refractivity (Wildman–Crippen MR) is 142 cm³/mol. The van der Waals surface area contributed by atoms with E-state index in [4.69, 9.17) is 0 Å². The van der Waals surface area contributed by atoms with Crippen molar-refractivity contribution < 1.29 is 18.1 Å². The zero-order valence-electron chi connectivity index (χ0n) is 21.6. The van der Waals surface area contributed by atoms with Gasteiger partial charge >= 0.3 is 6.18 Å². The van der Waals surface area contributed by atoms with E-state index in [1.54, 1.807) is 4.57 Å². The van der Waals surface area contributed by atoms with E-state index < -0.39 is 22.4 Å². The van der Waals surface area contributed by atoms with Gasteiger partial charge in [-0.25, -0.2) is 0 Å². The largest absolute Gasteiger partial charge is 0.416 e. The first kappa shape index (κ1) is 27.4. The first-order chi connectivity index (χ1) is 17.8. The molecule has 3 aromatic carbocycles. The highest BCUT2D eigenvalue weighted by Gasteiger charge is 2.33. The standard InChI is InChI=1S/C28H27F3N4O2S/c1-17(2)18-8-13-22(14-9-18)34-25(19-6-10-20(11-7-19)27(3,4)5)32-33-26(34)38-24-15-12-21(28(29,30)31)16-23(24)35(36)37/h6-17H,1-5H3. The lowest BCUT2D eigenvalue weighted by Gasteiger charge is -2.19. The average Bonchev–Trinajstić information content (AvgIpc) is 3.26. The van der Waals surface area contributed by atoms with Crippen LogP contribution in [0.25, 0.3) is 17.1 Å². The number of nitrogens with zero attached hydrogens (tertiary/aromatic N) is 4. The van der Waals surface area contributed by atoms with Crippen molar-refractivity contribution >= 4 is 17.4 Å². The topological polar surface area (TPSA) is 73.8 Å². The third-order valence-corrected chi connectivity index (χ3v) is 7.16. The van der Waals surface area contributed by atoms with Crippen molar-refractivity contribution in [3.05, 3.63) is 93.5 Å². The molecule has 0 aliphatic carbocycles. The molecule has 0 amide bonds. The summed E-state index contributed by atoms with van der Waals surface area (Å²) in [6.45, 7) is 10.5. The maximum Gasteiger partial charge on any atom is 0.416 e. The van der Waals surface area contributed by atoms with Crippen LogP contribution in [0.5, 0.6) is 0 Å². The van der Waals surface area contributed by atoms with Crippen molar-refractivity contribution in [3.8, 4) is 17.1 Å². The van der Waals surface area contributed by atoms with E-state index in [-0.39, 0.29) is 10.3 Å². The highest BCUT2D eigenvalue weighted by molar-refractivity contribution is 7.99. The summed E-state index contributed by atoms with van der Waals surface area (Å²) in [6.07, 6.45) is -4.70. The fourth-order valence-corrected chi connectivity index (χ4v) is 4.84. The van der Waals surface area contributed by atoms with Gasteiger partial charge in [-0.3, -0.25) is 14.7 Å². The molecule has 0 atom stereocenters. The van der Waals surface area contributed by atoms with Crippen LogP contribution in [0.2, 0.25) is 0 Å². The Morgan fingerprint density at radius 1 is 0.895 bits per heavy atom. The second-order valence-corrected chi connectivity index (χ2v) is 11.3. The summed E-state index contributed by atoms with van der Waals surface area (Å²) in [5.41, 5.74) is 2.01. The zero-order valence-corrected chi connectivity index (χ0v) is 22.4. The smallest absolute Gasteiger partial charge is 0.270 e. The molecule has 6 nitrogen and oxygen atoms in total. The molecule has 0 N–H and O–H groups in total. The van der Waals surface area contributed by atoms with Crippen LogP contribution in [0, 0.1) is 10.1 Å². The monoisotopic (exact) mass is 540 g/mol. The van der Waals surface area contributed by atoms with Crippen molar-refractivity contribution in [3.63, 3.8) is 0 Å². The van der Waals surface area contributed by atoms with Gasteiger partial charge in [-0.05, 0) is 58.5 Å². The molecule has 0 radical (unpaired) electrons. The van der Waals surface area contributed by atoms with Crippen LogP contribution >= 0.6 is 11.8 Å². The van der Waals surface area contributed by atoms with Gasteiger partial charge in [0.15, 0.2) is 5.82 Å². The molecule has 0 aliphatic rings. The molecule has 0 unspecified atom stereocenters. The number of hydrogen-bond acceptors (Lipinski definition) is 5. The van der Waals surface area contributed by atoms with Gasteiger partial charge in [0.05, 0.1) is 15.4 Å². The van der Waals surface area contributed by atoms with Gasteiger partial charge in [-0.2, -0.15) is 13.2 Å². The number of alkyl halides is 3. The van der Waals surface area contributed by atoms with Crippen molar-refractivity contribution in [1.29, 1.82) is 0 Å². The molecule has 0 saturated heterocycles. The van der Waals surface area contributed by atoms with Crippen molar-refractivity contribution in [2.45, 2.75) is 62.2 Å². The summed E-state index contributed by atoms with van der Waals surface area (Å²) in [7, 11) is 0. The maximum absolute atomic E-state index is 13.2. The third kappa shape index (κ3) is 5.75. The minimum absolute atomic E-state index is 0.0325. The Bertz CT molecular complexity index is 1460. The molecule has 10 heteroatoms. The molecule has 1 aromatic heterocycles. The van der Waals surface area contributed by atoms with Gasteiger partial charge in [0.1, 0.15) is 0 Å². The van der Waals surface area contributed by atoms with E-state index in [0.29, 0.717) is 23.0 Å². The van der Waals surface area contributed by atoms with Crippen LogP contribution in [-0.2, 0) is 11.6 Å². The summed E-state index contributed by atoms with van der Waals surface area (Å²) in [6, 6.07) is 18.2. The van der Waals surface area contributed by atoms with Crippen LogP contribution in [-0.4, -0.2) is 19.7 Å². The molecule has 0 spiro atoms. The Kier molecular flexibility index (Phi) is 7.38. The van der Waals surface area contributed by atoms with E-state index in [2.05, 4.69) is 44.8 Å². The van der Waals surface area contributed by atoms with E-state index >= 15 is 0 Å². The zero-order chi connectivity index (χ0) is 27.8. The van der Waals surface area contributed by atoms with Gasteiger partial charge in [-0.15, -0.1) is 10.2 Å². The molecule has 4 rings (SSSR count). The van der Waals surface area contributed by atoms with E-state index in [0.717, 1.165) is 46.3 Å². The Morgan fingerprint density at radius 2 is 1.50 bits per heavy atom. The summed E-state index contributed by atoms with van der Waals surface area (Å²) >= 11 is 0.897. The van der Waals surface area contributed by atoms with Gasteiger partial charge < -0.3 is 0 Å². The summed E-state index contributed by atoms with van der Waals surface area (Å²) in [5.74, 6) is 0.831. The second-order valence-electron chi connectivity index (χ2n) is 10.3. The lowest BCUT2D eigenvalue weighted by molar-refractivity contribution is -0.388. The van der Waals surface area contributed by atoms with Crippen molar-refractivity contribution in [2.24, 2.45) is 0 Å². The number of halogens is 3. The first-order valence-electron chi connectivity index (χ1n) is 12.0. The molecule has 0 fully saturated rings. The number of nitro groups is 1. The first-order valence-corrected chi connectivity index (χ1v) is 12.8. The number of hydrogen-bond donors (Lipinski definition) is 0. The Hall–Kier alpha value is -3.66. The van der Waals surface area contributed by atoms with Gasteiger partial charge in [0.25, 0.3) is 5.69 Å². The molecule has 1 heterocycles. The Morgan fingerprint density at radius 3 is 2.03 bits per heavy atom. The van der Waals surface area contributed by atoms with Crippen LogP contribution in [0.4, 0.5) is 18.9 Å². The highest BCUT2D eigenvalue weighted by Crippen LogP contribution is 2.40. The molecular weight excluding hydrogens is 513 g/mol. The molecular formula is C28H27F3N4O2S. The quantitative estimate of drug-likeness (QED) is 0.181. The SMILES string of the molecule is CC(C)c1ccc(-n2c(Sc3ccc(C(F)(F)F)cc3[N+](=O)[O-])nnc2-c2ccc(C(C)(C)C)cc2)cc1. The normalized spacial score (nSPS) is 12.2. The van der Waals surface area contributed by atoms with Gasteiger partial charge in [0.2, 0.25) is 5.16 Å². The second kappa shape index (κ2) is 10.2. The third-order valence-electron chi connectivity index (χ3n) is 6.14. The van der Waals surface area contributed by atoms with Crippen LogP contribution in [0.3, 0.4) is 0 Å². The Balaban J connectivity index is 1.84. The molecule has 198 valence electrons. The van der Waals surface area contributed by atoms with Crippen molar-refractivity contribution in [1.82, 2.24) is 14.8 Å². The minimum atomic E-state index is -4.70. The summed E-state index contributed by atoms with van der Waals surface area (Å²) in [5, 5.41) is 20.6. The minimum Gasteiger partial charge on any atom is -0.270 e. The Labute approximate surface area is 223 Å². The van der Waals surface area contributed by atoms with Gasteiger partial charge in [0, 0.05) is 17.3 Å². The predicted octanol–water partition coefficient (Wildman–Crippen LogP) is 8.43. The molecule has 38 heavy (non-hydrogen) atoms. The molecule has 0 aliphatic heterocycles. The van der Waals surface area contributed by atoms with E-state index in [9.17, 15) is 23.3 Å². The lowest BCUT2D eigenvalue weighted by atomic mass is 9.87. The fraction of sp³-hybridized carbons (Fsp3) is 0.286. The van der Waals surface area contributed by atoms with Gasteiger partial charge in [-0.1, -0.05) is 71.0 Å². The summed E-state index contributed by atoms with van der Waals surface area (Å²) < 4.78 is 41.4. The van der Waals surface area contributed by atoms with Crippen molar-refractivity contribution in [2.75, 3.05) is 0 Å². The summed E-state index contributed by atoms with van der Waals surface area (Å²) in [4.78, 5) is 10.9. The highest BCUT2D eigenvalue weighted by atomic mass is 32.2. The lowest BCUT2D eigenvalue weighted by Crippen LogP contribution is -2.10. The molecule has 4 aromatic rings. The number of aromatic nitrogens is 3.